The first-order valence-electron chi connectivity index (χ1n) is 9.99. The van der Waals surface area contributed by atoms with Crippen molar-refractivity contribution in [2.75, 3.05) is 13.2 Å². The van der Waals surface area contributed by atoms with E-state index in [2.05, 4.69) is 12.2 Å². The average Bonchev–Trinajstić information content (AvgIpc) is 2.87. The Kier molecular flexibility index (Phi) is 12.1. The van der Waals surface area contributed by atoms with Gasteiger partial charge in [0, 0.05) is 6.54 Å². The van der Waals surface area contributed by atoms with Crippen LogP contribution >= 0.6 is 0 Å². The van der Waals surface area contributed by atoms with Crippen molar-refractivity contribution < 1.29 is 24.9 Å². The van der Waals surface area contributed by atoms with E-state index in [-0.39, 0.29) is 18.9 Å². The number of carbonyl (C=O) groups is 1. The molecule has 1 fully saturated rings. The number of nitrogens with one attached hydrogen (secondary N) is 1. The van der Waals surface area contributed by atoms with Gasteiger partial charge in [0.05, 0.1) is 19.1 Å². The molecule has 1 aliphatic heterocycles. The molecule has 1 unspecified atom stereocenters. The van der Waals surface area contributed by atoms with Crippen molar-refractivity contribution in [3.8, 4) is 0 Å². The zero-order valence-corrected chi connectivity index (χ0v) is 15.7. The molecule has 1 saturated heterocycles. The van der Waals surface area contributed by atoms with Gasteiger partial charge in [-0.15, -0.1) is 0 Å². The third kappa shape index (κ3) is 8.99. The van der Waals surface area contributed by atoms with Crippen LogP contribution in [0.25, 0.3) is 0 Å². The fourth-order valence-electron chi connectivity index (χ4n) is 3.24. The van der Waals surface area contributed by atoms with Crippen LogP contribution in [-0.2, 0) is 9.53 Å². The molecule has 148 valence electrons. The van der Waals surface area contributed by atoms with Crippen molar-refractivity contribution in [1.82, 2.24) is 5.32 Å². The monoisotopic (exact) mass is 359 g/mol. The highest BCUT2D eigenvalue weighted by atomic mass is 16.6. The number of aliphatic hydroxyl groups excluding tert-OH is 3. The van der Waals surface area contributed by atoms with Gasteiger partial charge in [0.2, 0.25) is 5.91 Å². The number of carbonyl (C=O) groups excluding carboxylic acids is 1. The predicted octanol–water partition coefficient (Wildman–Crippen LogP) is 1.90. The molecule has 1 heterocycles. The van der Waals surface area contributed by atoms with Crippen molar-refractivity contribution in [1.29, 1.82) is 0 Å². The Bertz CT molecular complexity index is 353. The van der Waals surface area contributed by atoms with Gasteiger partial charge >= 0.3 is 0 Å². The summed E-state index contributed by atoms with van der Waals surface area (Å²) in [6.07, 6.45) is 8.72. The number of hydrogen-bond acceptors (Lipinski definition) is 5. The number of amides is 1. The maximum absolute atomic E-state index is 11.9. The average molecular weight is 360 g/mol. The number of unbranched alkanes of at least 4 members (excludes halogenated alkanes) is 9. The van der Waals surface area contributed by atoms with Crippen LogP contribution in [0, 0.1) is 0 Å². The summed E-state index contributed by atoms with van der Waals surface area (Å²) >= 11 is 0. The second-order valence-electron chi connectivity index (χ2n) is 7.11. The van der Waals surface area contributed by atoms with E-state index in [1.165, 1.54) is 51.4 Å². The fourth-order valence-corrected chi connectivity index (χ4v) is 3.24. The van der Waals surface area contributed by atoms with Crippen molar-refractivity contribution in [3.63, 3.8) is 0 Å². The number of aliphatic hydroxyl groups is 3. The smallest absolute Gasteiger partial charge is 0.222 e. The minimum absolute atomic E-state index is 0.00644. The van der Waals surface area contributed by atoms with Crippen molar-refractivity contribution in [3.05, 3.63) is 0 Å². The second-order valence-corrected chi connectivity index (χ2v) is 7.11. The van der Waals surface area contributed by atoms with Gasteiger partial charge in [-0.05, 0) is 6.42 Å². The Morgan fingerprint density at radius 3 is 1.92 bits per heavy atom. The zero-order valence-electron chi connectivity index (χ0n) is 15.7. The number of hydrogen-bond donors (Lipinski definition) is 4. The lowest BCUT2D eigenvalue weighted by molar-refractivity contribution is -0.125. The molecule has 6 heteroatoms. The highest BCUT2D eigenvalue weighted by molar-refractivity contribution is 5.76. The first kappa shape index (κ1) is 22.4. The highest BCUT2D eigenvalue weighted by Gasteiger charge is 2.42. The molecular weight excluding hydrogens is 322 g/mol. The molecule has 6 nitrogen and oxygen atoms in total. The molecule has 0 bridgehead atoms. The van der Waals surface area contributed by atoms with E-state index in [1.807, 2.05) is 0 Å². The third-order valence-electron chi connectivity index (χ3n) is 4.88. The van der Waals surface area contributed by atoms with Gasteiger partial charge in [-0.3, -0.25) is 4.79 Å². The minimum atomic E-state index is -1.13. The third-order valence-corrected chi connectivity index (χ3v) is 4.88. The summed E-state index contributed by atoms with van der Waals surface area (Å²) in [6.45, 7) is 2.50. The molecule has 25 heavy (non-hydrogen) atoms. The summed E-state index contributed by atoms with van der Waals surface area (Å²) < 4.78 is 5.30. The molecule has 1 aliphatic rings. The van der Waals surface area contributed by atoms with E-state index in [4.69, 9.17) is 9.84 Å². The molecule has 0 aromatic heterocycles. The number of ether oxygens (including phenoxy) is 1. The largest absolute Gasteiger partial charge is 0.394 e. The molecule has 1 rings (SSSR count). The Balaban J connectivity index is 1.96. The number of rotatable bonds is 14. The minimum Gasteiger partial charge on any atom is -0.394 e. The predicted molar refractivity (Wildman–Crippen MR) is 97.2 cm³/mol. The summed E-state index contributed by atoms with van der Waals surface area (Å²) in [5, 5.41) is 31.3. The zero-order chi connectivity index (χ0) is 18.5. The standard InChI is InChI=1S/C19H37NO5/c1-2-3-4-5-6-7-8-9-10-11-12-20-17(22)13-15-18(23)19(24)16(14-21)25-15/h15-16,18-19,21,23-24H,2-14H2,1H3,(H,20,22)/t15-,16?,18+,19+/m1/s1. The molecule has 0 aliphatic carbocycles. The van der Waals surface area contributed by atoms with Crippen LogP contribution in [0.4, 0.5) is 0 Å². The normalized spacial score (nSPS) is 26.1. The topological polar surface area (TPSA) is 99.0 Å². The maximum atomic E-state index is 11.9. The second kappa shape index (κ2) is 13.5. The van der Waals surface area contributed by atoms with Crippen LogP contribution in [0.5, 0.6) is 0 Å². The Morgan fingerprint density at radius 2 is 1.40 bits per heavy atom. The molecule has 0 radical (unpaired) electrons. The molecule has 0 spiro atoms. The van der Waals surface area contributed by atoms with E-state index in [1.54, 1.807) is 0 Å². The quantitative estimate of drug-likeness (QED) is 0.355. The van der Waals surface area contributed by atoms with Gasteiger partial charge in [0.25, 0.3) is 0 Å². The van der Waals surface area contributed by atoms with Crippen LogP contribution in [0.15, 0.2) is 0 Å². The molecule has 0 aromatic carbocycles. The van der Waals surface area contributed by atoms with Crippen molar-refractivity contribution >= 4 is 5.91 Å². The van der Waals surface area contributed by atoms with Gasteiger partial charge in [0.15, 0.2) is 0 Å². The maximum Gasteiger partial charge on any atom is 0.222 e. The SMILES string of the molecule is CCCCCCCCCCCCNC(=O)C[C@H]1OC(CO)[C@H](O)[C@H]1O. The Labute approximate surface area is 152 Å². The molecule has 4 atom stereocenters. The van der Waals surface area contributed by atoms with Crippen molar-refractivity contribution in [2.45, 2.75) is 102 Å². The van der Waals surface area contributed by atoms with Crippen LogP contribution in [-0.4, -0.2) is 58.8 Å². The lowest BCUT2D eigenvalue weighted by atomic mass is 10.1. The Hall–Kier alpha value is -0.690. The molecule has 0 aromatic rings. The van der Waals surface area contributed by atoms with Crippen LogP contribution < -0.4 is 5.32 Å². The first-order valence-corrected chi connectivity index (χ1v) is 9.99. The van der Waals surface area contributed by atoms with Gasteiger partial charge in [-0.2, -0.15) is 0 Å². The van der Waals surface area contributed by atoms with Crippen LogP contribution in [0.3, 0.4) is 0 Å². The van der Waals surface area contributed by atoms with E-state index >= 15 is 0 Å². The molecule has 4 N–H and O–H groups in total. The van der Waals surface area contributed by atoms with Gasteiger partial charge in [-0.25, -0.2) is 0 Å². The summed E-state index contributed by atoms with van der Waals surface area (Å²) in [5.41, 5.74) is 0. The van der Waals surface area contributed by atoms with E-state index in [9.17, 15) is 15.0 Å². The first-order chi connectivity index (χ1) is 12.1. The van der Waals surface area contributed by atoms with Gasteiger partial charge in [0.1, 0.15) is 18.3 Å². The highest BCUT2D eigenvalue weighted by Crippen LogP contribution is 2.23. The lowest BCUT2D eigenvalue weighted by Crippen LogP contribution is -2.36. The molecule has 1 amide bonds. The molecular formula is C19H37NO5. The van der Waals surface area contributed by atoms with Crippen LogP contribution in [0.2, 0.25) is 0 Å². The van der Waals surface area contributed by atoms with E-state index in [0.717, 1.165) is 12.8 Å². The van der Waals surface area contributed by atoms with Gasteiger partial charge in [-0.1, -0.05) is 64.7 Å². The van der Waals surface area contributed by atoms with E-state index in [0.29, 0.717) is 6.54 Å². The molecule has 0 saturated carbocycles. The van der Waals surface area contributed by atoms with E-state index < -0.39 is 24.4 Å². The Morgan fingerprint density at radius 1 is 0.880 bits per heavy atom. The fraction of sp³-hybridized carbons (Fsp3) is 0.947. The lowest BCUT2D eigenvalue weighted by Gasteiger charge is -2.14. The summed E-state index contributed by atoms with van der Waals surface area (Å²) in [6, 6.07) is 0. The van der Waals surface area contributed by atoms with Crippen molar-refractivity contribution in [2.24, 2.45) is 0 Å². The van der Waals surface area contributed by atoms with Gasteiger partial charge < -0.3 is 25.4 Å². The van der Waals surface area contributed by atoms with Crippen LogP contribution in [0.1, 0.15) is 77.6 Å². The summed E-state index contributed by atoms with van der Waals surface area (Å²) in [7, 11) is 0. The summed E-state index contributed by atoms with van der Waals surface area (Å²) in [4.78, 5) is 11.9. The summed E-state index contributed by atoms with van der Waals surface area (Å²) in [5.74, 6) is -0.189.